The van der Waals surface area contributed by atoms with E-state index >= 15 is 0 Å². The van der Waals surface area contributed by atoms with E-state index in [-0.39, 0.29) is 23.8 Å². The highest BCUT2D eigenvalue weighted by Gasteiger charge is 2.57. The van der Waals surface area contributed by atoms with E-state index in [0.717, 1.165) is 12.8 Å². The fraction of sp³-hybridized carbons (Fsp3) is 1.00. The fourth-order valence-electron chi connectivity index (χ4n) is 3.73. The molecule has 0 saturated carbocycles. The van der Waals surface area contributed by atoms with Crippen LogP contribution in [0.2, 0.25) is 0 Å². The van der Waals surface area contributed by atoms with Crippen LogP contribution in [0.15, 0.2) is 0 Å². The standard InChI is InChI=1S/C13H25NO4/c1-11(2)8-13(17-7-10(6-15)18-13)9-12(3,4)14(11)16-5/h10,15H,6-9H2,1-5H3. The van der Waals surface area contributed by atoms with Crippen molar-refractivity contribution in [3.05, 3.63) is 0 Å². The largest absolute Gasteiger partial charge is 0.394 e. The molecule has 5 heteroatoms. The number of aliphatic hydroxyl groups is 1. The summed E-state index contributed by atoms with van der Waals surface area (Å²) in [5, 5.41) is 11.2. The molecule has 0 aromatic rings. The van der Waals surface area contributed by atoms with Gasteiger partial charge >= 0.3 is 0 Å². The van der Waals surface area contributed by atoms with Gasteiger partial charge in [-0.2, -0.15) is 5.06 Å². The molecule has 2 aliphatic heterocycles. The van der Waals surface area contributed by atoms with Crippen LogP contribution in [0.5, 0.6) is 0 Å². The third kappa shape index (κ3) is 2.30. The van der Waals surface area contributed by atoms with Crippen molar-refractivity contribution in [2.24, 2.45) is 0 Å². The number of aliphatic hydroxyl groups excluding tert-OH is 1. The van der Waals surface area contributed by atoms with Crippen LogP contribution < -0.4 is 0 Å². The van der Waals surface area contributed by atoms with E-state index in [2.05, 4.69) is 27.7 Å². The Kier molecular flexibility index (Phi) is 3.49. The molecule has 2 heterocycles. The predicted octanol–water partition coefficient (Wildman–Crippen LogP) is 1.30. The number of ether oxygens (including phenoxy) is 2. The predicted molar refractivity (Wildman–Crippen MR) is 66.9 cm³/mol. The lowest BCUT2D eigenvalue weighted by atomic mass is 9.78. The molecular weight excluding hydrogens is 234 g/mol. The van der Waals surface area contributed by atoms with Crippen molar-refractivity contribution in [1.29, 1.82) is 0 Å². The summed E-state index contributed by atoms with van der Waals surface area (Å²) < 4.78 is 11.8. The lowest BCUT2D eigenvalue weighted by Gasteiger charge is -2.55. The number of piperidine rings is 1. The lowest BCUT2D eigenvalue weighted by Crippen LogP contribution is -2.65. The van der Waals surface area contributed by atoms with Crippen LogP contribution in [-0.2, 0) is 14.3 Å². The van der Waals surface area contributed by atoms with Gasteiger partial charge in [0.15, 0.2) is 5.79 Å². The van der Waals surface area contributed by atoms with Gasteiger partial charge in [-0.3, -0.25) is 0 Å². The van der Waals surface area contributed by atoms with Crippen molar-refractivity contribution in [3.8, 4) is 0 Å². The first-order valence-electron chi connectivity index (χ1n) is 6.52. The van der Waals surface area contributed by atoms with Crippen LogP contribution in [0, 0.1) is 0 Å². The molecule has 2 rings (SSSR count). The quantitative estimate of drug-likeness (QED) is 0.810. The third-order valence-electron chi connectivity index (χ3n) is 3.80. The van der Waals surface area contributed by atoms with Crippen LogP contribution in [-0.4, -0.2) is 53.5 Å². The second-order valence-corrected chi connectivity index (χ2v) is 6.60. The number of nitrogens with zero attached hydrogens (tertiary/aromatic N) is 1. The topological polar surface area (TPSA) is 51.2 Å². The van der Waals surface area contributed by atoms with Crippen molar-refractivity contribution in [3.63, 3.8) is 0 Å². The van der Waals surface area contributed by atoms with Crippen LogP contribution in [0.4, 0.5) is 0 Å². The molecule has 1 spiro atoms. The zero-order chi connectivity index (χ0) is 13.6. The zero-order valence-electron chi connectivity index (χ0n) is 12.0. The summed E-state index contributed by atoms with van der Waals surface area (Å²) in [6.07, 6.45) is 1.26. The van der Waals surface area contributed by atoms with E-state index in [0.29, 0.717) is 6.61 Å². The molecular formula is C13H25NO4. The molecule has 2 aliphatic rings. The second kappa shape index (κ2) is 4.42. The maximum absolute atomic E-state index is 9.20. The molecule has 106 valence electrons. The molecule has 5 nitrogen and oxygen atoms in total. The van der Waals surface area contributed by atoms with Gasteiger partial charge in [-0.25, -0.2) is 0 Å². The molecule has 1 atom stereocenters. The molecule has 1 N–H and O–H groups in total. The SMILES string of the molecule is CON1C(C)(C)CC2(CC1(C)C)OCC(CO)O2. The second-order valence-electron chi connectivity index (χ2n) is 6.60. The first-order valence-corrected chi connectivity index (χ1v) is 6.52. The van der Waals surface area contributed by atoms with E-state index in [9.17, 15) is 5.11 Å². The monoisotopic (exact) mass is 259 g/mol. The molecule has 0 aromatic heterocycles. The van der Waals surface area contributed by atoms with Crippen molar-refractivity contribution in [2.45, 2.75) is 63.5 Å². The van der Waals surface area contributed by atoms with E-state index < -0.39 is 5.79 Å². The molecule has 0 aromatic carbocycles. The Hall–Kier alpha value is -0.200. The van der Waals surface area contributed by atoms with E-state index in [1.165, 1.54) is 0 Å². The van der Waals surface area contributed by atoms with Crippen molar-refractivity contribution in [2.75, 3.05) is 20.3 Å². The average molecular weight is 259 g/mol. The Morgan fingerprint density at radius 1 is 1.22 bits per heavy atom. The Labute approximate surface area is 109 Å². The van der Waals surface area contributed by atoms with Crippen LogP contribution >= 0.6 is 0 Å². The normalized spacial score (nSPS) is 34.0. The molecule has 2 saturated heterocycles. The molecule has 0 radical (unpaired) electrons. The van der Waals surface area contributed by atoms with Gasteiger partial charge in [0, 0.05) is 23.9 Å². The summed E-state index contributed by atoms with van der Waals surface area (Å²) in [6.45, 7) is 8.97. The van der Waals surface area contributed by atoms with Gasteiger partial charge in [-0.1, -0.05) is 0 Å². The number of hydrogen-bond acceptors (Lipinski definition) is 5. The molecule has 2 fully saturated rings. The summed E-state index contributed by atoms with van der Waals surface area (Å²) in [4.78, 5) is 5.55. The Morgan fingerprint density at radius 2 is 1.78 bits per heavy atom. The minimum absolute atomic E-state index is 0.0105. The summed E-state index contributed by atoms with van der Waals surface area (Å²) in [6, 6.07) is 0. The van der Waals surface area contributed by atoms with Gasteiger partial charge in [0.25, 0.3) is 0 Å². The summed E-state index contributed by atoms with van der Waals surface area (Å²) >= 11 is 0. The van der Waals surface area contributed by atoms with Crippen LogP contribution in [0.3, 0.4) is 0 Å². The van der Waals surface area contributed by atoms with E-state index in [4.69, 9.17) is 14.3 Å². The smallest absolute Gasteiger partial charge is 0.172 e. The highest BCUT2D eigenvalue weighted by atomic mass is 16.8. The maximum atomic E-state index is 9.20. The van der Waals surface area contributed by atoms with Crippen molar-refractivity contribution >= 4 is 0 Å². The van der Waals surface area contributed by atoms with Gasteiger partial charge in [-0.15, -0.1) is 0 Å². The van der Waals surface area contributed by atoms with Gasteiger partial charge in [0.05, 0.1) is 20.3 Å². The number of hydrogen-bond donors (Lipinski definition) is 1. The first kappa shape index (κ1) is 14.2. The number of rotatable bonds is 2. The van der Waals surface area contributed by atoms with Crippen LogP contribution in [0.25, 0.3) is 0 Å². The maximum Gasteiger partial charge on any atom is 0.172 e. The Morgan fingerprint density at radius 3 is 2.17 bits per heavy atom. The van der Waals surface area contributed by atoms with E-state index in [1.807, 2.05) is 5.06 Å². The molecule has 18 heavy (non-hydrogen) atoms. The molecule has 1 unspecified atom stereocenters. The van der Waals surface area contributed by atoms with Crippen molar-refractivity contribution in [1.82, 2.24) is 5.06 Å². The fourth-order valence-corrected chi connectivity index (χ4v) is 3.73. The van der Waals surface area contributed by atoms with Crippen molar-refractivity contribution < 1.29 is 19.4 Å². The summed E-state index contributed by atoms with van der Waals surface area (Å²) in [5.41, 5.74) is -0.359. The first-order chi connectivity index (χ1) is 8.25. The van der Waals surface area contributed by atoms with E-state index in [1.54, 1.807) is 7.11 Å². The average Bonchev–Trinajstić information content (AvgIpc) is 2.57. The van der Waals surface area contributed by atoms with Gasteiger partial charge in [0.2, 0.25) is 0 Å². The molecule has 0 bridgehead atoms. The highest BCUT2D eigenvalue weighted by Crippen LogP contribution is 2.48. The summed E-state index contributed by atoms with van der Waals surface area (Å²) in [5.74, 6) is -0.588. The minimum atomic E-state index is -0.588. The molecule has 0 amide bonds. The van der Waals surface area contributed by atoms with Gasteiger partial charge in [-0.05, 0) is 27.7 Å². The third-order valence-corrected chi connectivity index (χ3v) is 3.80. The van der Waals surface area contributed by atoms with Gasteiger partial charge in [0.1, 0.15) is 6.10 Å². The van der Waals surface area contributed by atoms with Gasteiger partial charge < -0.3 is 19.4 Å². The summed E-state index contributed by atoms with van der Waals surface area (Å²) in [7, 11) is 1.70. The Bertz CT molecular complexity index is 298. The number of hydroxylamine groups is 2. The minimum Gasteiger partial charge on any atom is -0.394 e. The van der Waals surface area contributed by atoms with Crippen LogP contribution in [0.1, 0.15) is 40.5 Å². The highest BCUT2D eigenvalue weighted by molar-refractivity contribution is 5.02. The lowest BCUT2D eigenvalue weighted by molar-refractivity contribution is -0.328. The zero-order valence-corrected chi connectivity index (χ0v) is 12.0. The molecule has 0 aliphatic carbocycles. The Balaban J connectivity index is 2.23.